The molecule has 0 fully saturated rings. The van der Waals surface area contributed by atoms with E-state index in [-0.39, 0.29) is 5.56 Å². The maximum Gasteiger partial charge on any atom is 0.265 e. The number of hydrogen-bond acceptors (Lipinski definition) is 3. The van der Waals surface area contributed by atoms with Crippen LogP contribution in [-0.2, 0) is 19.9 Å². The van der Waals surface area contributed by atoms with Gasteiger partial charge in [-0.2, -0.15) is 5.10 Å². The lowest BCUT2D eigenvalue weighted by molar-refractivity contribution is 0.746. The van der Waals surface area contributed by atoms with E-state index in [1.807, 2.05) is 20.2 Å². The molecule has 0 unspecified atom stereocenters. The Balaban J connectivity index is 2.59. The predicted octanol–water partition coefficient (Wildman–Crippen LogP) is 2.45. The Hall–Kier alpha value is -1.43. The molecule has 6 heteroatoms. The van der Waals surface area contributed by atoms with Crippen LogP contribution in [0.1, 0.15) is 31.7 Å². The molecule has 0 amide bonds. The van der Waals surface area contributed by atoms with Crippen LogP contribution in [0.3, 0.4) is 0 Å². The molecule has 0 saturated carbocycles. The molecular weight excluding hydrogens is 308 g/mol. The summed E-state index contributed by atoms with van der Waals surface area (Å²) in [5, 5.41) is 4.38. The minimum atomic E-state index is -0.139. The average Bonchev–Trinajstić information content (AvgIpc) is 2.76. The van der Waals surface area contributed by atoms with Crippen molar-refractivity contribution in [2.75, 3.05) is 0 Å². The minimum absolute atomic E-state index is 0.139. The molecule has 0 aromatic carbocycles. The third kappa shape index (κ3) is 2.78. The highest BCUT2D eigenvalue weighted by atomic mass is 79.9. The van der Waals surface area contributed by atoms with Crippen LogP contribution in [0.5, 0.6) is 0 Å². The van der Waals surface area contributed by atoms with Gasteiger partial charge in [-0.15, -0.1) is 0 Å². The zero-order valence-corrected chi connectivity index (χ0v) is 12.9. The Morgan fingerprint density at radius 1 is 1.37 bits per heavy atom. The molecule has 0 aliphatic heterocycles. The van der Waals surface area contributed by atoms with Crippen molar-refractivity contribution in [3.05, 3.63) is 32.4 Å². The molecule has 0 bridgehead atoms. The van der Waals surface area contributed by atoms with Gasteiger partial charge >= 0.3 is 0 Å². The Bertz CT molecular complexity index is 645. The van der Waals surface area contributed by atoms with E-state index in [9.17, 15) is 4.79 Å². The number of nitrogens with zero attached hydrogens (tertiary/aromatic N) is 3. The molecule has 0 aliphatic carbocycles. The van der Waals surface area contributed by atoms with Gasteiger partial charge in [0.15, 0.2) is 0 Å². The first-order valence-electron chi connectivity index (χ1n) is 6.38. The number of rotatable bonds is 4. The number of aromatic nitrogens is 4. The Kier molecular flexibility index (Phi) is 4.19. The molecule has 19 heavy (non-hydrogen) atoms. The van der Waals surface area contributed by atoms with Crippen molar-refractivity contribution in [2.45, 2.75) is 33.1 Å². The van der Waals surface area contributed by atoms with Crippen molar-refractivity contribution < 1.29 is 0 Å². The van der Waals surface area contributed by atoms with Gasteiger partial charge in [-0.25, -0.2) is 4.98 Å². The second-order valence-corrected chi connectivity index (χ2v) is 5.23. The summed E-state index contributed by atoms with van der Waals surface area (Å²) >= 11 is 3.30. The van der Waals surface area contributed by atoms with Crippen LogP contribution in [0, 0.1) is 0 Å². The van der Waals surface area contributed by atoms with E-state index in [1.165, 1.54) is 0 Å². The summed E-state index contributed by atoms with van der Waals surface area (Å²) in [6.07, 6.45) is 4.42. The first-order chi connectivity index (χ1) is 9.06. The molecule has 2 heterocycles. The van der Waals surface area contributed by atoms with E-state index in [1.54, 1.807) is 4.68 Å². The summed E-state index contributed by atoms with van der Waals surface area (Å²) in [5.41, 5.74) is 2.49. The molecule has 1 N–H and O–H groups in total. The van der Waals surface area contributed by atoms with Gasteiger partial charge in [0.25, 0.3) is 5.56 Å². The van der Waals surface area contributed by atoms with E-state index in [0.717, 1.165) is 36.2 Å². The van der Waals surface area contributed by atoms with Crippen LogP contribution >= 0.6 is 15.9 Å². The summed E-state index contributed by atoms with van der Waals surface area (Å²) in [7, 11) is 1.87. The number of H-pyrrole nitrogens is 1. The highest BCUT2D eigenvalue weighted by Gasteiger charge is 2.14. The molecular formula is C13H17BrN4O. The van der Waals surface area contributed by atoms with Crippen LogP contribution in [0.4, 0.5) is 0 Å². The van der Waals surface area contributed by atoms with E-state index in [4.69, 9.17) is 0 Å². The lowest BCUT2D eigenvalue weighted by Crippen LogP contribution is -2.13. The average molecular weight is 325 g/mol. The standard InChI is InChI=1S/C13H17BrN4O/c1-4-6-10-11(14)13(19)16-12(15-10)8-7-18(3)17-9(8)5-2/h7H,4-6H2,1-3H3,(H,15,16,19). The SMILES string of the molecule is CCCc1nc(-c2cn(C)nc2CC)[nH]c(=O)c1Br. The fourth-order valence-corrected chi connectivity index (χ4v) is 2.41. The van der Waals surface area contributed by atoms with Crippen molar-refractivity contribution in [3.63, 3.8) is 0 Å². The summed E-state index contributed by atoms with van der Waals surface area (Å²) in [4.78, 5) is 19.3. The van der Waals surface area contributed by atoms with Crippen molar-refractivity contribution >= 4 is 15.9 Å². The molecule has 0 saturated heterocycles. The fraction of sp³-hybridized carbons (Fsp3) is 0.462. The summed E-state index contributed by atoms with van der Waals surface area (Å²) < 4.78 is 2.27. The lowest BCUT2D eigenvalue weighted by atomic mass is 10.2. The highest BCUT2D eigenvalue weighted by Crippen LogP contribution is 2.21. The van der Waals surface area contributed by atoms with E-state index in [0.29, 0.717) is 10.3 Å². The van der Waals surface area contributed by atoms with Gasteiger partial charge in [-0.3, -0.25) is 9.48 Å². The van der Waals surface area contributed by atoms with E-state index in [2.05, 4.69) is 37.9 Å². The minimum Gasteiger partial charge on any atom is -0.305 e. The summed E-state index contributed by atoms with van der Waals surface area (Å²) in [6, 6.07) is 0. The number of aryl methyl sites for hydroxylation is 3. The quantitative estimate of drug-likeness (QED) is 0.939. The molecule has 0 atom stereocenters. The van der Waals surface area contributed by atoms with Crippen molar-refractivity contribution in [2.24, 2.45) is 7.05 Å². The van der Waals surface area contributed by atoms with Crippen LogP contribution in [0.2, 0.25) is 0 Å². The topological polar surface area (TPSA) is 63.6 Å². The Morgan fingerprint density at radius 3 is 2.74 bits per heavy atom. The normalized spacial score (nSPS) is 10.9. The van der Waals surface area contributed by atoms with Gasteiger partial charge in [-0.05, 0) is 28.8 Å². The van der Waals surface area contributed by atoms with Crippen molar-refractivity contribution in [1.29, 1.82) is 0 Å². The molecule has 0 radical (unpaired) electrons. The van der Waals surface area contributed by atoms with Crippen LogP contribution < -0.4 is 5.56 Å². The molecule has 2 aromatic rings. The molecule has 0 spiro atoms. The van der Waals surface area contributed by atoms with Gasteiger partial charge in [0, 0.05) is 13.2 Å². The second-order valence-electron chi connectivity index (χ2n) is 4.44. The van der Waals surface area contributed by atoms with Gasteiger partial charge in [0.2, 0.25) is 0 Å². The molecule has 102 valence electrons. The molecule has 5 nitrogen and oxygen atoms in total. The third-order valence-electron chi connectivity index (χ3n) is 2.91. The van der Waals surface area contributed by atoms with Crippen LogP contribution in [0.15, 0.2) is 15.5 Å². The zero-order chi connectivity index (χ0) is 14.0. The molecule has 2 aromatic heterocycles. The monoisotopic (exact) mass is 324 g/mol. The van der Waals surface area contributed by atoms with E-state index < -0.39 is 0 Å². The lowest BCUT2D eigenvalue weighted by Gasteiger charge is -2.05. The summed E-state index contributed by atoms with van der Waals surface area (Å²) in [6.45, 7) is 4.10. The third-order valence-corrected chi connectivity index (χ3v) is 3.73. The number of halogens is 1. The fourth-order valence-electron chi connectivity index (χ4n) is 2.03. The van der Waals surface area contributed by atoms with Gasteiger partial charge in [0.05, 0.1) is 17.0 Å². The van der Waals surface area contributed by atoms with Crippen molar-refractivity contribution in [3.8, 4) is 11.4 Å². The van der Waals surface area contributed by atoms with Gasteiger partial charge < -0.3 is 4.98 Å². The largest absolute Gasteiger partial charge is 0.305 e. The van der Waals surface area contributed by atoms with Gasteiger partial charge in [-0.1, -0.05) is 20.3 Å². The van der Waals surface area contributed by atoms with Crippen molar-refractivity contribution in [1.82, 2.24) is 19.7 Å². The van der Waals surface area contributed by atoms with Crippen LogP contribution in [-0.4, -0.2) is 19.7 Å². The Labute approximate surface area is 120 Å². The van der Waals surface area contributed by atoms with Gasteiger partial charge in [0.1, 0.15) is 10.3 Å². The highest BCUT2D eigenvalue weighted by molar-refractivity contribution is 9.10. The second kappa shape index (κ2) is 5.69. The zero-order valence-electron chi connectivity index (χ0n) is 11.3. The maximum atomic E-state index is 11.9. The maximum absolute atomic E-state index is 11.9. The first kappa shape index (κ1) is 14.0. The summed E-state index contributed by atoms with van der Waals surface area (Å²) in [5.74, 6) is 0.599. The van der Waals surface area contributed by atoms with E-state index >= 15 is 0 Å². The number of hydrogen-bond donors (Lipinski definition) is 1. The van der Waals surface area contributed by atoms with Crippen LogP contribution in [0.25, 0.3) is 11.4 Å². The smallest absolute Gasteiger partial charge is 0.265 e. The Morgan fingerprint density at radius 2 is 2.11 bits per heavy atom. The first-order valence-corrected chi connectivity index (χ1v) is 7.17. The molecule has 2 rings (SSSR count). The predicted molar refractivity (Wildman–Crippen MR) is 78.1 cm³/mol. The molecule has 0 aliphatic rings. The number of nitrogens with one attached hydrogen (secondary N) is 1. The number of aromatic amines is 1.